The number of aliphatic hydroxyl groups is 1. The first-order valence-electron chi connectivity index (χ1n) is 4.44. The smallest absolute Gasteiger partial charge is 0.0989 e. The standard InChI is InChI=1S/C11H18O/c1-10(2,3)11(4)8-6-5-7-9(11)12/h5-7,12H,8H2,1-4H3. The summed E-state index contributed by atoms with van der Waals surface area (Å²) in [6, 6.07) is 0. The molecule has 1 unspecified atom stereocenters. The maximum absolute atomic E-state index is 9.77. The molecule has 0 bridgehead atoms. The van der Waals surface area contributed by atoms with E-state index in [1.807, 2.05) is 6.08 Å². The van der Waals surface area contributed by atoms with Crippen LogP contribution in [0.15, 0.2) is 24.0 Å². The van der Waals surface area contributed by atoms with Gasteiger partial charge in [-0.25, -0.2) is 0 Å². The highest BCUT2D eigenvalue weighted by Crippen LogP contribution is 2.47. The van der Waals surface area contributed by atoms with Gasteiger partial charge in [0, 0.05) is 5.41 Å². The molecule has 0 aliphatic heterocycles. The van der Waals surface area contributed by atoms with E-state index in [4.69, 9.17) is 0 Å². The predicted octanol–water partition coefficient (Wildman–Crippen LogP) is 3.44. The van der Waals surface area contributed by atoms with Gasteiger partial charge in [-0.05, 0) is 17.9 Å². The van der Waals surface area contributed by atoms with Crippen LogP contribution < -0.4 is 0 Å². The van der Waals surface area contributed by atoms with Gasteiger partial charge in [0.05, 0.1) is 5.76 Å². The second-order valence-corrected chi connectivity index (χ2v) is 4.77. The van der Waals surface area contributed by atoms with E-state index in [0.29, 0.717) is 5.76 Å². The Balaban J connectivity index is 3.01. The molecule has 0 spiro atoms. The highest BCUT2D eigenvalue weighted by molar-refractivity contribution is 5.22. The van der Waals surface area contributed by atoms with Crippen molar-refractivity contribution in [3.63, 3.8) is 0 Å². The van der Waals surface area contributed by atoms with Gasteiger partial charge in [-0.3, -0.25) is 0 Å². The number of aliphatic hydroxyl groups excluding tert-OH is 1. The van der Waals surface area contributed by atoms with Crippen LogP contribution in [-0.2, 0) is 0 Å². The van der Waals surface area contributed by atoms with Gasteiger partial charge in [-0.2, -0.15) is 0 Å². The van der Waals surface area contributed by atoms with Gasteiger partial charge >= 0.3 is 0 Å². The Labute approximate surface area is 74.8 Å². The maximum atomic E-state index is 9.77. The van der Waals surface area contributed by atoms with Crippen molar-refractivity contribution in [2.24, 2.45) is 10.8 Å². The number of hydrogen-bond acceptors (Lipinski definition) is 1. The lowest BCUT2D eigenvalue weighted by atomic mass is 9.63. The summed E-state index contributed by atoms with van der Waals surface area (Å²) in [5.41, 5.74) is 0.0140. The molecule has 0 aromatic rings. The molecule has 0 amide bonds. The Kier molecular flexibility index (Phi) is 2.07. The average molecular weight is 166 g/mol. The fourth-order valence-electron chi connectivity index (χ4n) is 1.44. The summed E-state index contributed by atoms with van der Waals surface area (Å²) in [5.74, 6) is 0.512. The average Bonchev–Trinajstić information content (AvgIpc) is 1.93. The largest absolute Gasteiger partial charge is 0.512 e. The molecule has 0 saturated heterocycles. The number of rotatable bonds is 0. The quantitative estimate of drug-likeness (QED) is 0.584. The minimum Gasteiger partial charge on any atom is -0.512 e. The second kappa shape index (κ2) is 2.65. The highest BCUT2D eigenvalue weighted by Gasteiger charge is 2.40. The van der Waals surface area contributed by atoms with Gasteiger partial charge < -0.3 is 5.11 Å². The van der Waals surface area contributed by atoms with Crippen molar-refractivity contribution in [3.05, 3.63) is 24.0 Å². The zero-order valence-electron chi connectivity index (χ0n) is 8.39. The van der Waals surface area contributed by atoms with Crippen LogP contribution in [0, 0.1) is 10.8 Å². The summed E-state index contributed by atoms with van der Waals surface area (Å²) in [6.45, 7) is 8.60. The fourth-order valence-corrected chi connectivity index (χ4v) is 1.44. The van der Waals surface area contributed by atoms with Gasteiger partial charge in [0.1, 0.15) is 0 Å². The monoisotopic (exact) mass is 166 g/mol. The van der Waals surface area contributed by atoms with Gasteiger partial charge in [0.2, 0.25) is 0 Å². The van der Waals surface area contributed by atoms with E-state index in [0.717, 1.165) is 6.42 Å². The lowest BCUT2D eigenvalue weighted by Crippen LogP contribution is -2.35. The van der Waals surface area contributed by atoms with E-state index in [2.05, 4.69) is 33.8 Å². The van der Waals surface area contributed by atoms with E-state index in [1.165, 1.54) is 0 Å². The van der Waals surface area contributed by atoms with Crippen LogP contribution in [0.3, 0.4) is 0 Å². The van der Waals surface area contributed by atoms with E-state index < -0.39 is 0 Å². The molecule has 0 aromatic heterocycles. The van der Waals surface area contributed by atoms with Crippen LogP contribution in [0.2, 0.25) is 0 Å². The van der Waals surface area contributed by atoms with Crippen molar-refractivity contribution in [1.29, 1.82) is 0 Å². The normalized spacial score (nSPS) is 30.2. The molecule has 1 atom stereocenters. The molecule has 0 aromatic carbocycles. The van der Waals surface area contributed by atoms with Crippen molar-refractivity contribution >= 4 is 0 Å². The first-order valence-corrected chi connectivity index (χ1v) is 4.44. The van der Waals surface area contributed by atoms with Crippen molar-refractivity contribution in [3.8, 4) is 0 Å². The number of hydrogen-bond donors (Lipinski definition) is 1. The van der Waals surface area contributed by atoms with Crippen molar-refractivity contribution in [2.75, 3.05) is 0 Å². The van der Waals surface area contributed by atoms with E-state index in [-0.39, 0.29) is 10.8 Å². The molecule has 1 nitrogen and oxygen atoms in total. The summed E-state index contributed by atoms with van der Waals surface area (Å²) < 4.78 is 0. The van der Waals surface area contributed by atoms with E-state index in [9.17, 15) is 5.11 Å². The SMILES string of the molecule is CC(C)(C)C1(C)CC=CC=C1O. The Morgan fingerprint density at radius 2 is 2.00 bits per heavy atom. The molecular weight excluding hydrogens is 148 g/mol. The zero-order chi connectivity index (χ0) is 9.41. The molecule has 0 fully saturated rings. The lowest BCUT2D eigenvalue weighted by Gasteiger charge is -2.42. The lowest BCUT2D eigenvalue weighted by molar-refractivity contribution is 0.0945. The first kappa shape index (κ1) is 9.37. The molecule has 1 N–H and O–H groups in total. The Morgan fingerprint density at radius 3 is 2.33 bits per heavy atom. The van der Waals surface area contributed by atoms with Gasteiger partial charge in [-0.1, -0.05) is 39.8 Å². The summed E-state index contributed by atoms with van der Waals surface area (Å²) >= 11 is 0. The molecule has 12 heavy (non-hydrogen) atoms. The Hall–Kier alpha value is -0.720. The van der Waals surface area contributed by atoms with E-state index in [1.54, 1.807) is 6.08 Å². The molecule has 1 heteroatoms. The Bertz CT molecular complexity index is 230. The second-order valence-electron chi connectivity index (χ2n) is 4.77. The van der Waals surface area contributed by atoms with Crippen LogP contribution in [0.5, 0.6) is 0 Å². The molecule has 0 radical (unpaired) electrons. The Morgan fingerprint density at radius 1 is 1.42 bits per heavy atom. The maximum Gasteiger partial charge on any atom is 0.0989 e. The molecule has 1 aliphatic carbocycles. The van der Waals surface area contributed by atoms with Gasteiger partial charge in [-0.15, -0.1) is 0 Å². The third-order valence-electron chi connectivity index (χ3n) is 3.14. The summed E-state index contributed by atoms with van der Waals surface area (Å²) in [5, 5.41) is 9.77. The summed E-state index contributed by atoms with van der Waals surface area (Å²) in [6.07, 6.45) is 6.77. The summed E-state index contributed by atoms with van der Waals surface area (Å²) in [7, 11) is 0. The molecule has 1 rings (SSSR count). The van der Waals surface area contributed by atoms with Crippen molar-refractivity contribution < 1.29 is 5.11 Å². The first-order chi connectivity index (χ1) is 5.38. The topological polar surface area (TPSA) is 20.2 Å². The fraction of sp³-hybridized carbons (Fsp3) is 0.636. The minimum absolute atomic E-state index is 0.0955. The van der Waals surface area contributed by atoms with Crippen LogP contribution in [0.25, 0.3) is 0 Å². The van der Waals surface area contributed by atoms with Crippen LogP contribution >= 0.6 is 0 Å². The van der Waals surface area contributed by atoms with Crippen molar-refractivity contribution in [1.82, 2.24) is 0 Å². The number of allylic oxidation sites excluding steroid dienone is 4. The third kappa shape index (κ3) is 1.28. The van der Waals surface area contributed by atoms with Gasteiger partial charge in [0.25, 0.3) is 0 Å². The third-order valence-corrected chi connectivity index (χ3v) is 3.14. The van der Waals surface area contributed by atoms with Crippen LogP contribution in [-0.4, -0.2) is 5.11 Å². The van der Waals surface area contributed by atoms with E-state index >= 15 is 0 Å². The van der Waals surface area contributed by atoms with Crippen LogP contribution in [0.1, 0.15) is 34.1 Å². The zero-order valence-corrected chi connectivity index (χ0v) is 8.39. The molecule has 1 aliphatic rings. The van der Waals surface area contributed by atoms with Crippen LogP contribution in [0.4, 0.5) is 0 Å². The predicted molar refractivity (Wildman–Crippen MR) is 52.0 cm³/mol. The summed E-state index contributed by atoms with van der Waals surface area (Å²) in [4.78, 5) is 0. The molecule has 0 saturated carbocycles. The molecule has 0 heterocycles. The molecule has 68 valence electrons. The van der Waals surface area contributed by atoms with Gasteiger partial charge in [0.15, 0.2) is 0 Å². The van der Waals surface area contributed by atoms with Crippen molar-refractivity contribution in [2.45, 2.75) is 34.1 Å². The highest BCUT2D eigenvalue weighted by atomic mass is 16.3. The minimum atomic E-state index is -0.0955. The molecular formula is C11H18O.